The van der Waals surface area contributed by atoms with Gasteiger partial charge in [-0.2, -0.15) is 13.2 Å². The van der Waals surface area contributed by atoms with Crippen molar-refractivity contribution in [2.45, 2.75) is 11.8 Å². The molecule has 0 bridgehead atoms. The van der Waals surface area contributed by atoms with Gasteiger partial charge in [0.25, 0.3) is 0 Å². The van der Waals surface area contributed by atoms with Crippen LogP contribution in [0.25, 0.3) is 16.8 Å². The van der Waals surface area contributed by atoms with Crippen LogP contribution in [0.4, 0.5) is 13.2 Å². The number of carbonyl (C=O) groups excluding carboxylic acids is 1. The molecule has 3 aromatic carbocycles. The molecule has 1 N–H and O–H groups in total. The Kier molecular flexibility index (Phi) is 6.14. The maximum atomic E-state index is 14.3. The van der Waals surface area contributed by atoms with Gasteiger partial charge in [-0.05, 0) is 47.5 Å². The fourth-order valence-corrected chi connectivity index (χ4v) is 4.14. The van der Waals surface area contributed by atoms with Crippen molar-refractivity contribution in [3.05, 3.63) is 99.5 Å². The average Bonchev–Trinajstić information content (AvgIpc) is 3.25. The van der Waals surface area contributed by atoms with Gasteiger partial charge in [0.1, 0.15) is 0 Å². The number of benzene rings is 3. The van der Waals surface area contributed by atoms with Crippen LogP contribution in [0.5, 0.6) is 0 Å². The highest BCUT2D eigenvalue weighted by atomic mass is 35.5. The van der Waals surface area contributed by atoms with Crippen LogP contribution in [-0.4, -0.2) is 19.3 Å². The quantitative estimate of drug-likeness (QED) is 0.407. The zero-order valence-electron chi connectivity index (χ0n) is 17.0. The van der Waals surface area contributed by atoms with E-state index in [1.807, 2.05) is 6.07 Å². The zero-order chi connectivity index (χ0) is 23.8. The van der Waals surface area contributed by atoms with Crippen LogP contribution in [0.2, 0.25) is 10.0 Å². The van der Waals surface area contributed by atoms with Crippen molar-refractivity contribution in [3.8, 4) is 11.1 Å². The highest BCUT2D eigenvalue weighted by Gasteiger charge is 2.59. The molecule has 0 aliphatic carbocycles. The van der Waals surface area contributed by atoms with Gasteiger partial charge < -0.3 is 4.74 Å². The maximum absolute atomic E-state index is 14.3. The second-order valence-electron chi connectivity index (χ2n) is 7.27. The molecular weight excluding hydrogens is 478 g/mol. The first-order valence-electron chi connectivity index (χ1n) is 9.63. The van der Waals surface area contributed by atoms with E-state index in [4.69, 9.17) is 32.8 Å². The van der Waals surface area contributed by atoms with E-state index in [0.29, 0.717) is 16.7 Å². The smallest absolute Gasteiger partial charge is 0.428 e. The van der Waals surface area contributed by atoms with Crippen molar-refractivity contribution in [3.63, 3.8) is 0 Å². The third-order valence-corrected chi connectivity index (χ3v) is 5.64. The molecule has 4 rings (SSSR count). The number of rotatable bonds is 4. The minimum Gasteiger partial charge on any atom is -0.465 e. The first-order valence-corrected chi connectivity index (χ1v) is 10.4. The van der Waals surface area contributed by atoms with Crippen LogP contribution in [0.1, 0.15) is 21.5 Å². The average molecular weight is 494 g/mol. The van der Waals surface area contributed by atoms with Gasteiger partial charge in [0.15, 0.2) is 0 Å². The summed E-state index contributed by atoms with van der Waals surface area (Å²) >= 11 is 11.9. The van der Waals surface area contributed by atoms with E-state index in [1.54, 1.807) is 30.3 Å². The number of hydrogen-bond acceptors (Lipinski definition) is 4. The number of carbonyl (C=O) groups is 1. The predicted molar refractivity (Wildman–Crippen MR) is 120 cm³/mol. The second-order valence-corrected chi connectivity index (χ2v) is 8.14. The Bertz CT molecular complexity index is 1230. The summed E-state index contributed by atoms with van der Waals surface area (Å²) in [6, 6.07) is 17.2. The number of nitrogens with one attached hydrogen (secondary N) is 1. The molecule has 9 heteroatoms. The Labute approximate surface area is 197 Å². The molecule has 0 aromatic heterocycles. The maximum Gasteiger partial charge on any atom is 0.428 e. The molecule has 0 saturated heterocycles. The van der Waals surface area contributed by atoms with Crippen LogP contribution >= 0.6 is 23.2 Å². The van der Waals surface area contributed by atoms with Crippen LogP contribution < -0.4 is 5.48 Å². The lowest BCUT2D eigenvalue weighted by molar-refractivity contribution is -0.269. The molecule has 0 radical (unpaired) electrons. The Morgan fingerprint density at radius 2 is 1.64 bits per heavy atom. The Balaban J connectivity index is 1.86. The molecule has 170 valence electrons. The molecule has 4 nitrogen and oxygen atoms in total. The summed E-state index contributed by atoms with van der Waals surface area (Å²) < 4.78 is 47.6. The molecule has 33 heavy (non-hydrogen) atoms. The standard InChI is InChI=1S/C24H16Cl2F3NO3/c1-32-22(31)19-8-7-15(9-20(19)14-5-3-2-4-6-14)21-13-23(33-30-21,24(27,28)29)16-10-17(25)12-18(26)11-16/h2-13,30H,1H3. The minimum atomic E-state index is -4.83. The van der Waals surface area contributed by atoms with E-state index in [-0.39, 0.29) is 26.9 Å². The number of hydrogen-bond donors (Lipinski definition) is 1. The third kappa shape index (κ3) is 4.31. The Morgan fingerprint density at radius 3 is 2.24 bits per heavy atom. The van der Waals surface area contributed by atoms with Gasteiger partial charge >= 0.3 is 12.1 Å². The summed E-state index contributed by atoms with van der Waals surface area (Å²) in [5.74, 6) is -0.566. The van der Waals surface area contributed by atoms with E-state index >= 15 is 0 Å². The minimum absolute atomic E-state index is 0.0420. The molecule has 1 aliphatic heterocycles. The summed E-state index contributed by atoms with van der Waals surface area (Å²) in [6.07, 6.45) is -3.90. The fraction of sp³-hybridized carbons (Fsp3) is 0.125. The third-order valence-electron chi connectivity index (χ3n) is 5.20. The second kappa shape index (κ2) is 8.74. The molecule has 0 spiro atoms. The summed E-state index contributed by atoms with van der Waals surface area (Å²) in [6.45, 7) is 0. The van der Waals surface area contributed by atoms with Crippen molar-refractivity contribution >= 4 is 34.9 Å². The SMILES string of the molecule is COC(=O)c1ccc(C2=CC(c3cc(Cl)cc(Cl)c3)(C(F)(F)F)ON2)cc1-c1ccccc1. The molecular formula is C24H16Cl2F3NO3. The lowest BCUT2D eigenvalue weighted by atomic mass is 9.90. The largest absolute Gasteiger partial charge is 0.465 e. The molecule has 1 aliphatic rings. The first-order chi connectivity index (χ1) is 15.6. The summed E-state index contributed by atoms with van der Waals surface area (Å²) in [5, 5.41) is 0.0840. The van der Waals surface area contributed by atoms with E-state index < -0.39 is 17.7 Å². The molecule has 0 fully saturated rings. The lowest BCUT2D eigenvalue weighted by Crippen LogP contribution is -2.42. The van der Waals surface area contributed by atoms with Crippen molar-refractivity contribution in [1.29, 1.82) is 0 Å². The number of ether oxygens (including phenoxy) is 1. The number of alkyl halides is 3. The molecule has 1 atom stereocenters. The van der Waals surface area contributed by atoms with Crippen LogP contribution in [0.3, 0.4) is 0 Å². The molecule has 1 heterocycles. The van der Waals surface area contributed by atoms with Crippen molar-refractivity contribution in [2.24, 2.45) is 0 Å². The van der Waals surface area contributed by atoms with E-state index in [1.165, 1.54) is 25.3 Å². The molecule has 0 amide bonds. The number of hydroxylamine groups is 1. The summed E-state index contributed by atoms with van der Waals surface area (Å²) in [4.78, 5) is 17.4. The predicted octanol–water partition coefficient (Wildman–Crippen LogP) is 6.78. The van der Waals surface area contributed by atoms with E-state index in [9.17, 15) is 18.0 Å². The van der Waals surface area contributed by atoms with Gasteiger partial charge in [0.2, 0.25) is 5.60 Å². The van der Waals surface area contributed by atoms with Crippen molar-refractivity contribution in [1.82, 2.24) is 5.48 Å². The normalized spacial score (nSPS) is 17.9. The highest BCUT2D eigenvalue weighted by molar-refractivity contribution is 6.34. The molecule has 1 unspecified atom stereocenters. The monoisotopic (exact) mass is 493 g/mol. The van der Waals surface area contributed by atoms with Crippen LogP contribution in [-0.2, 0) is 15.2 Å². The van der Waals surface area contributed by atoms with Gasteiger partial charge in [0.05, 0.1) is 18.4 Å². The summed E-state index contributed by atoms with van der Waals surface area (Å²) in [7, 11) is 1.26. The first kappa shape index (κ1) is 23.2. The van der Waals surface area contributed by atoms with Gasteiger partial charge in [-0.1, -0.05) is 59.6 Å². The van der Waals surface area contributed by atoms with E-state index in [2.05, 4.69) is 5.48 Å². The Hall–Kier alpha value is -3.00. The zero-order valence-corrected chi connectivity index (χ0v) is 18.6. The van der Waals surface area contributed by atoms with Gasteiger partial charge in [-0.3, -0.25) is 10.3 Å². The number of esters is 1. The Morgan fingerprint density at radius 1 is 0.970 bits per heavy atom. The van der Waals surface area contributed by atoms with E-state index in [0.717, 1.165) is 18.2 Å². The number of methoxy groups -OCH3 is 1. The lowest BCUT2D eigenvalue weighted by Gasteiger charge is -2.28. The topological polar surface area (TPSA) is 47.6 Å². The molecule has 3 aromatic rings. The highest BCUT2D eigenvalue weighted by Crippen LogP contribution is 2.48. The van der Waals surface area contributed by atoms with Crippen molar-refractivity contribution in [2.75, 3.05) is 7.11 Å². The van der Waals surface area contributed by atoms with Crippen molar-refractivity contribution < 1.29 is 27.5 Å². The van der Waals surface area contributed by atoms with Crippen LogP contribution in [0.15, 0.2) is 72.8 Å². The van der Waals surface area contributed by atoms with Gasteiger partial charge in [0, 0.05) is 21.2 Å². The number of halogens is 5. The van der Waals surface area contributed by atoms with Gasteiger partial charge in [-0.15, -0.1) is 0 Å². The summed E-state index contributed by atoms with van der Waals surface area (Å²) in [5.41, 5.74) is 1.21. The van der Waals surface area contributed by atoms with Crippen LogP contribution in [0, 0.1) is 0 Å². The molecule has 0 saturated carbocycles. The van der Waals surface area contributed by atoms with Gasteiger partial charge in [-0.25, -0.2) is 4.79 Å². The fourth-order valence-electron chi connectivity index (χ4n) is 3.61.